The standard InChI is InChI=1S/C12H13NO6/c1-7(14)9-6-8(13(16)17)2-3-10(9)19-11-4-5-18-12(11)15/h2-3,6-7,11,14H,4-5H2,1H3. The van der Waals surface area contributed by atoms with Gasteiger partial charge < -0.3 is 14.6 Å². The summed E-state index contributed by atoms with van der Waals surface area (Å²) >= 11 is 0. The Morgan fingerprint density at radius 2 is 2.32 bits per heavy atom. The molecule has 1 N–H and O–H groups in total. The fourth-order valence-electron chi connectivity index (χ4n) is 1.82. The van der Waals surface area contributed by atoms with E-state index < -0.39 is 23.1 Å². The number of benzene rings is 1. The monoisotopic (exact) mass is 267 g/mol. The molecule has 2 rings (SSSR count). The lowest BCUT2D eigenvalue weighted by molar-refractivity contribution is -0.385. The second-order valence-electron chi connectivity index (χ2n) is 4.22. The number of rotatable bonds is 4. The second-order valence-corrected chi connectivity index (χ2v) is 4.22. The van der Waals surface area contributed by atoms with E-state index in [0.29, 0.717) is 13.0 Å². The van der Waals surface area contributed by atoms with Gasteiger partial charge in [-0.25, -0.2) is 4.79 Å². The fraction of sp³-hybridized carbons (Fsp3) is 0.417. The van der Waals surface area contributed by atoms with Gasteiger partial charge in [-0.05, 0) is 13.0 Å². The molecule has 0 spiro atoms. The zero-order valence-electron chi connectivity index (χ0n) is 10.2. The van der Waals surface area contributed by atoms with Crippen molar-refractivity contribution in [2.24, 2.45) is 0 Å². The summed E-state index contributed by atoms with van der Waals surface area (Å²) in [6.07, 6.45) is -1.24. The molecule has 7 nitrogen and oxygen atoms in total. The average Bonchev–Trinajstić information content (AvgIpc) is 2.75. The predicted octanol–water partition coefficient (Wildman–Crippen LogP) is 1.34. The van der Waals surface area contributed by atoms with Crippen LogP contribution < -0.4 is 4.74 Å². The largest absolute Gasteiger partial charge is 0.478 e. The van der Waals surface area contributed by atoms with Crippen LogP contribution in [0.5, 0.6) is 5.75 Å². The van der Waals surface area contributed by atoms with Crippen molar-refractivity contribution in [3.05, 3.63) is 33.9 Å². The number of cyclic esters (lactones) is 1. The summed E-state index contributed by atoms with van der Waals surface area (Å²) in [4.78, 5) is 21.5. The van der Waals surface area contributed by atoms with Crippen molar-refractivity contribution in [1.29, 1.82) is 0 Å². The van der Waals surface area contributed by atoms with Crippen molar-refractivity contribution in [3.8, 4) is 5.75 Å². The molecular formula is C12H13NO6. The fourth-order valence-corrected chi connectivity index (χ4v) is 1.82. The van der Waals surface area contributed by atoms with Gasteiger partial charge in [0.1, 0.15) is 5.75 Å². The van der Waals surface area contributed by atoms with Gasteiger partial charge in [0.25, 0.3) is 5.69 Å². The van der Waals surface area contributed by atoms with E-state index >= 15 is 0 Å². The molecule has 19 heavy (non-hydrogen) atoms. The number of hydrogen-bond donors (Lipinski definition) is 1. The molecule has 0 aliphatic carbocycles. The van der Waals surface area contributed by atoms with Crippen LogP contribution in [0.25, 0.3) is 0 Å². The van der Waals surface area contributed by atoms with Crippen LogP contribution in [0, 0.1) is 10.1 Å². The van der Waals surface area contributed by atoms with Gasteiger partial charge in [-0.3, -0.25) is 10.1 Å². The minimum absolute atomic E-state index is 0.141. The molecular weight excluding hydrogens is 254 g/mol. The van der Waals surface area contributed by atoms with E-state index in [9.17, 15) is 20.0 Å². The summed E-state index contributed by atoms with van der Waals surface area (Å²) in [5.41, 5.74) is 0.131. The molecule has 0 saturated carbocycles. The number of esters is 1. The number of carbonyl (C=O) groups is 1. The maximum atomic E-state index is 11.3. The molecule has 7 heteroatoms. The molecule has 1 aromatic carbocycles. The molecule has 1 saturated heterocycles. The predicted molar refractivity (Wildman–Crippen MR) is 63.7 cm³/mol. The van der Waals surface area contributed by atoms with Crippen molar-refractivity contribution >= 4 is 11.7 Å². The van der Waals surface area contributed by atoms with Gasteiger partial charge in [0.15, 0.2) is 6.10 Å². The van der Waals surface area contributed by atoms with Crippen molar-refractivity contribution in [1.82, 2.24) is 0 Å². The van der Waals surface area contributed by atoms with Crippen molar-refractivity contribution < 1.29 is 24.3 Å². The summed E-state index contributed by atoms with van der Waals surface area (Å²) in [6.45, 7) is 1.76. The van der Waals surface area contributed by atoms with E-state index in [1.54, 1.807) is 0 Å². The van der Waals surface area contributed by atoms with E-state index in [-0.39, 0.29) is 17.0 Å². The van der Waals surface area contributed by atoms with Crippen LogP contribution in [-0.4, -0.2) is 28.7 Å². The lowest BCUT2D eigenvalue weighted by Gasteiger charge is -2.15. The number of nitro groups is 1. The Kier molecular flexibility index (Phi) is 3.66. The van der Waals surface area contributed by atoms with Gasteiger partial charge in [0.2, 0.25) is 0 Å². The van der Waals surface area contributed by atoms with Gasteiger partial charge in [-0.15, -0.1) is 0 Å². The van der Waals surface area contributed by atoms with Crippen LogP contribution in [0.1, 0.15) is 25.0 Å². The zero-order valence-corrected chi connectivity index (χ0v) is 10.2. The smallest absolute Gasteiger partial charge is 0.347 e. The summed E-state index contributed by atoms with van der Waals surface area (Å²) in [6, 6.07) is 3.88. The number of nitro benzene ring substituents is 1. The minimum Gasteiger partial charge on any atom is -0.478 e. The van der Waals surface area contributed by atoms with Gasteiger partial charge in [-0.2, -0.15) is 0 Å². The molecule has 102 valence electrons. The van der Waals surface area contributed by atoms with Gasteiger partial charge >= 0.3 is 5.97 Å². The number of hydrogen-bond acceptors (Lipinski definition) is 6. The molecule has 1 aromatic rings. The topological polar surface area (TPSA) is 98.9 Å². The van der Waals surface area contributed by atoms with Crippen LogP contribution >= 0.6 is 0 Å². The molecule has 2 unspecified atom stereocenters. The van der Waals surface area contributed by atoms with Gasteiger partial charge in [-0.1, -0.05) is 0 Å². The summed E-state index contributed by atoms with van der Waals surface area (Å²) in [5, 5.41) is 20.3. The number of carbonyl (C=O) groups excluding carboxylic acids is 1. The molecule has 1 aliphatic rings. The first-order chi connectivity index (χ1) is 8.99. The molecule has 0 bridgehead atoms. The van der Waals surface area contributed by atoms with E-state index in [0.717, 1.165) is 0 Å². The first kappa shape index (κ1) is 13.3. The van der Waals surface area contributed by atoms with Crippen LogP contribution in [-0.2, 0) is 9.53 Å². The van der Waals surface area contributed by atoms with Crippen LogP contribution in [0.3, 0.4) is 0 Å². The third-order valence-electron chi connectivity index (χ3n) is 2.81. The van der Waals surface area contributed by atoms with Crippen LogP contribution in [0.15, 0.2) is 18.2 Å². The Labute approximate surface area is 108 Å². The highest BCUT2D eigenvalue weighted by molar-refractivity contribution is 5.76. The molecule has 0 aromatic heterocycles. The second kappa shape index (κ2) is 5.23. The SMILES string of the molecule is CC(O)c1cc([N+](=O)[O-])ccc1OC1CCOC1=O. The molecule has 0 radical (unpaired) electrons. The average molecular weight is 267 g/mol. The number of ether oxygens (including phenoxy) is 2. The summed E-state index contributed by atoms with van der Waals surface area (Å²) < 4.78 is 10.2. The molecule has 1 heterocycles. The number of non-ortho nitro benzene ring substituents is 1. The van der Waals surface area contributed by atoms with Gasteiger partial charge in [0.05, 0.1) is 17.6 Å². The lowest BCUT2D eigenvalue weighted by Crippen LogP contribution is -2.22. The number of aliphatic hydroxyl groups excluding tert-OH is 1. The Morgan fingerprint density at radius 1 is 1.58 bits per heavy atom. The summed E-state index contributed by atoms with van der Waals surface area (Å²) in [5.74, 6) is -0.209. The normalized spacial score (nSPS) is 19.9. The minimum atomic E-state index is -0.938. The molecule has 0 amide bonds. The molecule has 1 fully saturated rings. The first-order valence-corrected chi connectivity index (χ1v) is 5.78. The Morgan fingerprint density at radius 3 is 2.84 bits per heavy atom. The maximum absolute atomic E-state index is 11.3. The van der Waals surface area contributed by atoms with Crippen molar-refractivity contribution in [2.45, 2.75) is 25.6 Å². The zero-order chi connectivity index (χ0) is 14.0. The quantitative estimate of drug-likeness (QED) is 0.502. The van der Waals surface area contributed by atoms with E-state index in [1.807, 2.05) is 0 Å². The third kappa shape index (κ3) is 2.82. The van der Waals surface area contributed by atoms with Crippen LogP contribution in [0.4, 0.5) is 5.69 Å². The number of nitrogens with zero attached hydrogens (tertiary/aromatic N) is 1. The van der Waals surface area contributed by atoms with E-state index in [1.165, 1.54) is 25.1 Å². The van der Waals surface area contributed by atoms with E-state index in [2.05, 4.69) is 0 Å². The summed E-state index contributed by atoms with van der Waals surface area (Å²) in [7, 11) is 0. The molecule has 1 aliphatic heterocycles. The lowest BCUT2D eigenvalue weighted by atomic mass is 10.1. The van der Waals surface area contributed by atoms with Crippen molar-refractivity contribution in [2.75, 3.05) is 6.61 Å². The highest BCUT2D eigenvalue weighted by Crippen LogP contribution is 2.31. The maximum Gasteiger partial charge on any atom is 0.347 e. The van der Waals surface area contributed by atoms with Gasteiger partial charge in [0, 0.05) is 24.1 Å². The Balaban J connectivity index is 2.28. The third-order valence-corrected chi connectivity index (χ3v) is 2.81. The van der Waals surface area contributed by atoms with Crippen molar-refractivity contribution in [3.63, 3.8) is 0 Å². The first-order valence-electron chi connectivity index (χ1n) is 5.78. The Hall–Kier alpha value is -2.15. The Bertz CT molecular complexity index is 513. The molecule has 2 atom stereocenters. The van der Waals surface area contributed by atoms with E-state index in [4.69, 9.17) is 9.47 Å². The highest BCUT2D eigenvalue weighted by atomic mass is 16.6. The van der Waals surface area contributed by atoms with Crippen LogP contribution in [0.2, 0.25) is 0 Å². The highest BCUT2D eigenvalue weighted by Gasteiger charge is 2.29. The number of aliphatic hydroxyl groups is 1.